The highest BCUT2D eigenvalue weighted by molar-refractivity contribution is 6.21. The van der Waals surface area contributed by atoms with E-state index in [0.29, 0.717) is 11.1 Å². The van der Waals surface area contributed by atoms with Gasteiger partial charge in [0.25, 0.3) is 11.8 Å². The Bertz CT molecular complexity index is 371. The van der Waals surface area contributed by atoms with Crippen LogP contribution >= 0.6 is 0 Å². The third-order valence-corrected chi connectivity index (χ3v) is 2.60. The molecule has 2 aliphatic rings. The van der Waals surface area contributed by atoms with Gasteiger partial charge in [0.2, 0.25) is 0 Å². The fourth-order valence-corrected chi connectivity index (χ4v) is 1.74. The molecule has 1 fully saturated rings. The Morgan fingerprint density at radius 2 is 1.38 bits per heavy atom. The zero-order chi connectivity index (χ0) is 11.4. The Morgan fingerprint density at radius 1 is 0.875 bits per heavy atom. The predicted molar refractivity (Wildman–Crippen MR) is 60.3 cm³/mol. The molecule has 4 heteroatoms. The molecule has 16 heavy (non-hydrogen) atoms. The second kappa shape index (κ2) is 4.90. The molecule has 0 spiro atoms. The molecule has 3 rings (SSSR count). The Morgan fingerprint density at radius 3 is 1.75 bits per heavy atom. The molecular weight excluding hydrogens is 204 g/mol. The van der Waals surface area contributed by atoms with Gasteiger partial charge < -0.3 is 5.32 Å². The molecule has 0 radical (unpaired) electrons. The van der Waals surface area contributed by atoms with Crippen LogP contribution in [0.3, 0.4) is 0 Å². The topological polar surface area (TPSA) is 58.2 Å². The van der Waals surface area contributed by atoms with E-state index in [9.17, 15) is 9.59 Å². The van der Waals surface area contributed by atoms with Crippen molar-refractivity contribution in [3.05, 3.63) is 35.4 Å². The quantitative estimate of drug-likeness (QED) is 0.637. The van der Waals surface area contributed by atoms with Gasteiger partial charge >= 0.3 is 0 Å². The van der Waals surface area contributed by atoms with Crippen molar-refractivity contribution in [1.82, 2.24) is 10.6 Å². The molecule has 0 saturated carbocycles. The summed E-state index contributed by atoms with van der Waals surface area (Å²) in [5.74, 6) is -0.601. The largest absolute Gasteiger partial charge is 0.317 e. The van der Waals surface area contributed by atoms with Crippen LogP contribution in [0.15, 0.2) is 24.3 Å². The van der Waals surface area contributed by atoms with Crippen LogP contribution in [0.1, 0.15) is 33.6 Å². The molecule has 84 valence electrons. The fraction of sp³-hybridized carbons (Fsp3) is 0.333. The summed E-state index contributed by atoms with van der Waals surface area (Å²) in [6.07, 6.45) is 2.78. The summed E-state index contributed by atoms with van der Waals surface area (Å²) in [5, 5.41) is 5.43. The number of hydrogen-bond donors (Lipinski definition) is 2. The molecule has 0 aliphatic carbocycles. The van der Waals surface area contributed by atoms with E-state index >= 15 is 0 Å². The molecule has 0 unspecified atom stereocenters. The van der Waals surface area contributed by atoms with Gasteiger partial charge in [0.05, 0.1) is 11.1 Å². The number of carbonyl (C=O) groups is 2. The van der Waals surface area contributed by atoms with Gasteiger partial charge in [-0.15, -0.1) is 0 Å². The van der Waals surface area contributed by atoms with Crippen molar-refractivity contribution >= 4 is 11.8 Å². The summed E-state index contributed by atoms with van der Waals surface area (Å²) in [6.45, 7) is 2.50. The first-order valence-electron chi connectivity index (χ1n) is 5.44. The Balaban J connectivity index is 0.000000162. The van der Waals surface area contributed by atoms with Crippen molar-refractivity contribution in [2.24, 2.45) is 0 Å². The number of benzene rings is 1. The monoisotopic (exact) mass is 218 g/mol. The van der Waals surface area contributed by atoms with E-state index in [0.717, 1.165) is 0 Å². The van der Waals surface area contributed by atoms with Crippen LogP contribution in [0, 0.1) is 0 Å². The summed E-state index contributed by atoms with van der Waals surface area (Å²) in [4.78, 5) is 21.9. The molecule has 2 heterocycles. The maximum atomic E-state index is 10.9. The minimum absolute atomic E-state index is 0.300. The minimum Gasteiger partial charge on any atom is -0.317 e. The highest BCUT2D eigenvalue weighted by atomic mass is 16.2. The number of imide groups is 1. The first kappa shape index (κ1) is 10.8. The van der Waals surface area contributed by atoms with Crippen LogP contribution in [0.5, 0.6) is 0 Å². The number of carbonyl (C=O) groups excluding carboxylic acids is 2. The van der Waals surface area contributed by atoms with Crippen LogP contribution in [0.2, 0.25) is 0 Å². The van der Waals surface area contributed by atoms with Gasteiger partial charge in [-0.25, -0.2) is 0 Å². The van der Waals surface area contributed by atoms with Crippen molar-refractivity contribution in [2.45, 2.75) is 12.8 Å². The van der Waals surface area contributed by atoms with E-state index in [4.69, 9.17) is 0 Å². The Kier molecular flexibility index (Phi) is 3.31. The van der Waals surface area contributed by atoms with Crippen molar-refractivity contribution in [3.8, 4) is 0 Å². The van der Waals surface area contributed by atoms with E-state index < -0.39 is 0 Å². The minimum atomic E-state index is -0.300. The number of amides is 2. The molecule has 0 aromatic heterocycles. The third kappa shape index (κ3) is 2.28. The van der Waals surface area contributed by atoms with Crippen molar-refractivity contribution in [1.29, 1.82) is 0 Å². The SMILES string of the molecule is C1CCNC1.O=C1NC(=O)c2ccccc21. The molecule has 1 aromatic carbocycles. The van der Waals surface area contributed by atoms with Gasteiger partial charge in [0, 0.05) is 0 Å². The fourth-order valence-electron chi connectivity index (χ4n) is 1.74. The summed E-state index contributed by atoms with van der Waals surface area (Å²) < 4.78 is 0. The molecule has 0 atom stereocenters. The van der Waals surface area contributed by atoms with Crippen LogP contribution in [-0.2, 0) is 0 Å². The lowest BCUT2D eigenvalue weighted by Gasteiger charge is -1.88. The van der Waals surface area contributed by atoms with Gasteiger partial charge in [-0.2, -0.15) is 0 Å². The maximum Gasteiger partial charge on any atom is 0.258 e. The maximum absolute atomic E-state index is 10.9. The standard InChI is InChI=1S/C8H5NO2.C4H9N/c10-7-5-3-1-2-4-6(5)8(11)9-7;1-2-4-5-3-1/h1-4H,(H,9,10,11);5H,1-4H2. The summed E-state index contributed by atoms with van der Waals surface area (Å²) in [7, 11) is 0. The first-order valence-corrected chi connectivity index (χ1v) is 5.44. The Labute approximate surface area is 94.0 Å². The molecule has 2 N–H and O–H groups in total. The van der Waals surface area contributed by atoms with Gasteiger partial charge in [0.1, 0.15) is 0 Å². The number of nitrogens with one attached hydrogen (secondary N) is 2. The summed E-state index contributed by atoms with van der Waals surface area (Å²) in [6, 6.07) is 6.74. The average molecular weight is 218 g/mol. The zero-order valence-electron chi connectivity index (χ0n) is 8.95. The normalized spacial score (nSPS) is 17.5. The molecule has 4 nitrogen and oxygen atoms in total. The van der Waals surface area contributed by atoms with Crippen LogP contribution < -0.4 is 10.6 Å². The molecule has 1 saturated heterocycles. The number of hydrogen-bond acceptors (Lipinski definition) is 3. The molecule has 1 aromatic rings. The highest BCUT2D eigenvalue weighted by Gasteiger charge is 2.25. The zero-order valence-corrected chi connectivity index (χ0v) is 8.95. The van der Waals surface area contributed by atoms with Crippen LogP contribution in [0.4, 0.5) is 0 Å². The molecule has 2 aliphatic heterocycles. The second-order valence-corrected chi connectivity index (χ2v) is 3.79. The van der Waals surface area contributed by atoms with Crippen molar-refractivity contribution in [2.75, 3.05) is 13.1 Å². The average Bonchev–Trinajstić information content (AvgIpc) is 2.94. The third-order valence-electron chi connectivity index (χ3n) is 2.60. The van der Waals surface area contributed by atoms with Gasteiger partial charge in [0.15, 0.2) is 0 Å². The lowest BCUT2D eigenvalue weighted by Crippen LogP contribution is -2.19. The van der Waals surface area contributed by atoms with Gasteiger partial charge in [-0.05, 0) is 38.1 Å². The van der Waals surface area contributed by atoms with Gasteiger partial charge in [-0.1, -0.05) is 12.1 Å². The van der Waals surface area contributed by atoms with E-state index in [1.807, 2.05) is 0 Å². The lowest BCUT2D eigenvalue weighted by atomic mass is 10.1. The van der Waals surface area contributed by atoms with E-state index in [-0.39, 0.29) is 11.8 Å². The predicted octanol–water partition coefficient (Wildman–Crippen LogP) is 0.940. The number of rotatable bonds is 0. The smallest absolute Gasteiger partial charge is 0.258 e. The summed E-state index contributed by atoms with van der Waals surface area (Å²) in [5.41, 5.74) is 0.940. The molecular formula is C12H14N2O2. The molecule has 2 amide bonds. The van der Waals surface area contributed by atoms with Crippen molar-refractivity contribution in [3.63, 3.8) is 0 Å². The van der Waals surface area contributed by atoms with Crippen LogP contribution in [-0.4, -0.2) is 24.9 Å². The Hall–Kier alpha value is -1.68. The summed E-state index contributed by atoms with van der Waals surface area (Å²) >= 11 is 0. The highest BCUT2D eigenvalue weighted by Crippen LogP contribution is 2.13. The van der Waals surface area contributed by atoms with Crippen molar-refractivity contribution < 1.29 is 9.59 Å². The first-order chi connectivity index (χ1) is 7.79. The van der Waals surface area contributed by atoms with E-state index in [2.05, 4.69) is 10.6 Å². The van der Waals surface area contributed by atoms with Crippen LogP contribution in [0.25, 0.3) is 0 Å². The molecule has 0 bridgehead atoms. The van der Waals surface area contributed by atoms with Gasteiger partial charge in [-0.3, -0.25) is 14.9 Å². The lowest BCUT2D eigenvalue weighted by molar-refractivity contribution is 0.0879. The second-order valence-electron chi connectivity index (χ2n) is 3.79. The van der Waals surface area contributed by atoms with E-state index in [1.165, 1.54) is 25.9 Å². The number of fused-ring (bicyclic) bond motifs is 1. The van der Waals surface area contributed by atoms with E-state index in [1.54, 1.807) is 24.3 Å².